The monoisotopic (exact) mass is 398 g/mol. The summed E-state index contributed by atoms with van der Waals surface area (Å²) in [5.41, 5.74) is 5.33. The molecule has 1 aromatic carbocycles. The van der Waals surface area contributed by atoms with E-state index in [4.69, 9.17) is 5.26 Å². The van der Waals surface area contributed by atoms with Crippen molar-refractivity contribution in [3.05, 3.63) is 40.7 Å². The van der Waals surface area contributed by atoms with Crippen molar-refractivity contribution in [3.8, 4) is 6.07 Å². The second-order valence-electron chi connectivity index (χ2n) is 7.58. The van der Waals surface area contributed by atoms with E-state index >= 15 is 0 Å². The van der Waals surface area contributed by atoms with E-state index in [2.05, 4.69) is 43.3 Å². The molecule has 0 aliphatic carbocycles. The molecule has 6 heteroatoms. The molecular formula is C22H30N4OS. The number of thioether (sulfide) groups is 1. The first-order chi connectivity index (χ1) is 13.2. The Morgan fingerprint density at radius 3 is 2.57 bits per heavy atom. The van der Waals surface area contributed by atoms with Crippen LogP contribution in [0.25, 0.3) is 0 Å². The quantitative estimate of drug-likeness (QED) is 0.599. The number of benzene rings is 1. The molecule has 28 heavy (non-hydrogen) atoms. The molecule has 2 aromatic rings. The lowest BCUT2D eigenvalue weighted by molar-refractivity contribution is -0.116. The molecule has 0 N–H and O–H groups in total. The second-order valence-corrected chi connectivity index (χ2v) is 8.52. The third-order valence-electron chi connectivity index (χ3n) is 4.85. The minimum Gasteiger partial charge on any atom is -0.323 e. The van der Waals surface area contributed by atoms with E-state index in [0.29, 0.717) is 24.6 Å². The molecule has 1 amide bonds. The van der Waals surface area contributed by atoms with Gasteiger partial charge in [-0.2, -0.15) is 5.26 Å². The Morgan fingerprint density at radius 1 is 1.25 bits per heavy atom. The number of imidazole rings is 1. The van der Waals surface area contributed by atoms with Crippen LogP contribution in [-0.2, 0) is 11.3 Å². The summed E-state index contributed by atoms with van der Waals surface area (Å²) < 4.78 is 2.20. The molecule has 0 saturated heterocycles. The van der Waals surface area contributed by atoms with Crippen LogP contribution in [0.2, 0.25) is 0 Å². The normalized spacial score (nSPS) is 10.9. The zero-order valence-corrected chi connectivity index (χ0v) is 18.6. The summed E-state index contributed by atoms with van der Waals surface area (Å²) in [5, 5.41) is 9.88. The minimum atomic E-state index is -0.00194. The van der Waals surface area contributed by atoms with Gasteiger partial charge in [0.2, 0.25) is 5.91 Å². The third-order valence-corrected chi connectivity index (χ3v) is 5.81. The SMILES string of the molecule is Cc1ccc(N(CCC#N)C(=O)CSc2nc(C)c(C)n2CC(C)C)cc1C. The van der Waals surface area contributed by atoms with E-state index in [1.54, 1.807) is 4.90 Å². The minimum absolute atomic E-state index is 0.00194. The van der Waals surface area contributed by atoms with Gasteiger partial charge in [-0.1, -0.05) is 31.7 Å². The highest BCUT2D eigenvalue weighted by atomic mass is 32.2. The van der Waals surface area contributed by atoms with Gasteiger partial charge in [0.1, 0.15) is 0 Å². The summed E-state index contributed by atoms with van der Waals surface area (Å²) in [7, 11) is 0. The van der Waals surface area contributed by atoms with Gasteiger partial charge in [-0.05, 0) is 56.9 Å². The summed E-state index contributed by atoms with van der Waals surface area (Å²) >= 11 is 1.47. The Balaban J connectivity index is 2.19. The van der Waals surface area contributed by atoms with Gasteiger partial charge in [0.25, 0.3) is 0 Å². The van der Waals surface area contributed by atoms with E-state index in [1.165, 1.54) is 17.3 Å². The van der Waals surface area contributed by atoms with Crippen molar-refractivity contribution in [1.82, 2.24) is 9.55 Å². The van der Waals surface area contributed by atoms with E-state index in [-0.39, 0.29) is 5.91 Å². The molecule has 0 atom stereocenters. The Bertz CT molecular complexity index is 879. The fourth-order valence-electron chi connectivity index (χ4n) is 2.97. The van der Waals surface area contributed by atoms with Gasteiger partial charge < -0.3 is 9.47 Å². The first kappa shape index (κ1) is 22.0. The van der Waals surface area contributed by atoms with Crippen molar-refractivity contribution in [1.29, 1.82) is 5.26 Å². The molecule has 0 unspecified atom stereocenters. The van der Waals surface area contributed by atoms with Crippen LogP contribution in [0.5, 0.6) is 0 Å². The van der Waals surface area contributed by atoms with Gasteiger partial charge in [-0.3, -0.25) is 4.79 Å². The molecule has 0 fully saturated rings. The Kier molecular flexibility index (Phi) is 7.70. The summed E-state index contributed by atoms with van der Waals surface area (Å²) in [4.78, 5) is 19.4. The Hall–Kier alpha value is -2.26. The predicted octanol–water partition coefficient (Wildman–Crippen LogP) is 4.81. The number of amides is 1. The zero-order valence-electron chi connectivity index (χ0n) is 17.7. The largest absolute Gasteiger partial charge is 0.323 e. The number of aromatic nitrogens is 2. The average Bonchev–Trinajstić information content (AvgIpc) is 2.90. The van der Waals surface area contributed by atoms with Gasteiger partial charge in [0, 0.05) is 24.5 Å². The number of anilines is 1. The summed E-state index contributed by atoms with van der Waals surface area (Å²) in [6, 6.07) is 8.14. The first-order valence-corrected chi connectivity index (χ1v) is 10.6. The molecule has 0 aliphatic heterocycles. The van der Waals surface area contributed by atoms with Crippen LogP contribution >= 0.6 is 11.8 Å². The van der Waals surface area contributed by atoms with E-state index in [9.17, 15) is 4.79 Å². The highest BCUT2D eigenvalue weighted by molar-refractivity contribution is 7.99. The highest BCUT2D eigenvalue weighted by Gasteiger charge is 2.19. The molecule has 0 bridgehead atoms. The van der Waals surface area contributed by atoms with Gasteiger partial charge in [0.05, 0.1) is 23.9 Å². The van der Waals surface area contributed by atoms with Gasteiger partial charge in [-0.25, -0.2) is 4.98 Å². The summed E-state index contributed by atoms with van der Waals surface area (Å²) in [6.45, 7) is 13.8. The van der Waals surface area contributed by atoms with Crippen LogP contribution in [-0.4, -0.2) is 27.8 Å². The lowest BCUT2D eigenvalue weighted by Crippen LogP contribution is -2.33. The molecular weight excluding hydrogens is 368 g/mol. The average molecular weight is 399 g/mol. The van der Waals surface area contributed by atoms with Crippen molar-refractivity contribution in [2.75, 3.05) is 17.2 Å². The topological polar surface area (TPSA) is 61.9 Å². The maximum absolute atomic E-state index is 13.0. The van der Waals surface area contributed by atoms with Crippen LogP contribution in [0.1, 0.15) is 42.8 Å². The molecule has 2 rings (SSSR count). The number of aryl methyl sites for hydroxylation is 3. The number of nitriles is 1. The number of carbonyl (C=O) groups is 1. The maximum atomic E-state index is 13.0. The number of rotatable bonds is 8. The fraction of sp³-hybridized carbons (Fsp3) is 0.500. The molecule has 0 saturated carbocycles. The maximum Gasteiger partial charge on any atom is 0.237 e. The van der Waals surface area contributed by atoms with Crippen molar-refractivity contribution in [2.45, 2.75) is 59.7 Å². The number of nitrogens with zero attached hydrogens (tertiary/aromatic N) is 4. The summed E-state index contributed by atoms with van der Waals surface area (Å²) in [6.07, 6.45) is 0.309. The van der Waals surface area contributed by atoms with Gasteiger partial charge in [-0.15, -0.1) is 0 Å². The fourth-order valence-corrected chi connectivity index (χ4v) is 3.95. The Labute approximate surface area is 172 Å². The van der Waals surface area contributed by atoms with Crippen molar-refractivity contribution >= 4 is 23.4 Å². The van der Waals surface area contributed by atoms with Crippen LogP contribution in [0.4, 0.5) is 5.69 Å². The first-order valence-electron chi connectivity index (χ1n) is 9.65. The molecule has 1 heterocycles. The lowest BCUT2D eigenvalue weighted by Gasteiger charge is -2.22. The standard InChI is InChI=1S/C22H30N4OS/c1-15(2)13-26-19(6)18(5)24-22(26)28-14-21(27)25(11-7-10-23)20-9-8-16(3)17(4)12-20/h8-9,12,15H,7,11,13-14H2,1-6H3. The van der Waals surface area contributed by atoms with E-state index < -0.39 is 0 Å². The van der Waals surface area contributed by atoms with Crippen LogP contribution in [0, 0.1) is 44.9 Å². The molecule has 0 spiro atoms. The van der Waals surface area contributed by atoms with Gasteiger partial charge >= 0.3 is 0 Å². The van der Waals surface area contributed by atoms with Crippen molar-refractivity contribution in [3.63, 3.8) is 0 Å². The number of hydrogen-bond acceptors (Lipinski definition) is 4. The number of carbonyl (C=O) groups excluding carboxylic acids is 1. The molecule has 150 valence electrons. The van der Waals surface area contributed by atoms with Gasteiger partial charge in [0.15, 0.2) is 5.16 Å². The van der Waals surface area contributed by atoms with Crippen molar-refractivity contribution < 1.29 is 4.79 Å². The van der Waals surface area contributed by atoms with Crippen molar-refractivity contribution in [2.24, 2.45) is 5.92 Å². The predicted molar refractivity (Wildman–Crippen MR) is 116 cm³/mol. The lowest BCUT2D eigenvalue weighted by atomic mass is 10.1. The molecule has 0 aliphatic rings. The Morgan fingerprint density at radius 2 is 1.96 bits per heavy atom. The zero-order chi connectivity index (χ0) is 20.8. The van der Waals surface area contributed by atoms with E-state index in [1.807, 2.05) is 32.0 Å². The van der Waals surface area contributed by atoms with Crippen LogP contribution in [0.3, 0.4) is 0 Å². The second kappa shape index (κ2) is 9.79. The smallest absolute Gasteiger partial charge is 0.237 e. The molecule has 5 nitrogen and oxygen atoms in total. The number of hydrogen-bond donors (Lipinski definition) is 0. The summed E-state index contributed by atoms with van der Waals surface area (Å²) in [5.74, 6) is 0.801. The van der Waals surface area contributed by atoms with Crippen LogP contribution in [0.15, 0.2) is 23.4 Å². The molecule has 0 radical (unpaired) electrons. The third kappa shape index (κ3) is 5.39. The van der Waals surface area contributed by atoms with Crippen LogP contribution < -0.4 is 4.90 Å². The molecule has 1 aromatic heterocycles. The van der Waals surface area contributed by atoms with E-state index in [0.717, 1.165) is 34.3 Å². The highest BCUT2D eigenvalue weighted by Crippen LogP contribution is 2.25.